The highest BCUT2D eigenvalue weighted by Crippen LogP contribution is 2.49. The van der Waals surface area contributed by atoms with E-state index in [0.717, 1.165) is 24.6 Å². The molecule has 1 aromatic carbocycles. The maximum Gasteiger partial charge on any atom is 0.349 e. The molecule has 10 nitrogen and oxygen atoms in total. The molecule has 0 radical (unpaired) electrons. The molecule has 12 heteroatoms. The maximum atomic E-state index is 15.4. The maximum absolute atomic E-state index is 15.4. The first-order valence-electron chi connectivity index (χ1n) is 12.7. The molecule has 3 aliphatic rings. The van der Waals surface area contributed by atoms with E-state index in [1.807, 2.05) is 7.05 Å². The van der Waals surface area contributed by atoms with Gasteiger partial charge >= 0.3 is 5.92 Å². The van der Waals surface area contributed by atoms with Crippen LogP contribution in [0.4, 0.5) is 8.78 Å². The molecule has 5 heterocycles. The number of aromatic amines is 1. The van der Waals surface area contributed by atoms with E-state index in [0.29, 0.717) is 38.8 Å². The van der Waals surface area contributed by atoms with Crippen molar-refractivity contribution in [1.82, 2.24) is 30.0 Å². The van der Waals surface area contributed by atoms with Gasteiger partial charge in [0.1, 0.15) is 5.69 Å². The van der Waals surface area contributed by atoms with Crippen molar-refractivity contribution in [2.75, 3.05) is 46.4 Å². The summed E-state index contributed by atoms with van der Waals surface area (Å²) in [5, 5.41) is 7.78. The molecular formula is C26H28F2N6O4. The van der Waals surface area contributed by atoms with Gasteiger partial charge in [0.2, 0.25) is 5.89 Å². The molecule has 6 rings (SSSR count). The lowest BCUT2D eigenvalue weighted by molar-refractivity contribution is 0.00107. The Balaban J connectivity index is 1.23. The lowest BCUT2D eigenvalue weighted by atomic mass is 9.72. The van der Waals surface area contributed by atoms with Crippen LogP contribution in [0.25, 0.3) is 0 Å². The predicted octanol–water partition coefficient (Wildman–Crippen LogP) is 2.36. The first-order valence-corrected chi connectivity index (χ1v) is 12.7. The number of carbonyl (C=O) groups is 1. The summed E-state index contributed by atoms with van der Waals surface area (Å²) in [5.41, 5.74) is 0.110. The lowest BCUT2D eigenvalue weighted by Crippen LogP contribution is -2.58. The highest BCUT2D eigenvalue weighted by atomic mass is 19.3. The molecule has 1 amide bonds. The van der Waals surface area contributed by atoms with E-state index in [-0.39, 0.29) is 29.6 Å². The van der Waals surface area contributed by atoms with Gasteiger partial charge in [-0.1, -0.05) is 24.3 Å². The van der Waals surface area contributed by atoms with Crippen molar-refractivity contribution in [2.45, 2.75) is 30.6 Å². The molecule has 1 atom stereocenters. The Hall–Kier alpha value is -3.51. The van der Waals surface area contributed by atoms with Gasteiger partial charge < -0.3 is 23.9 Å². The standard InChI is InChI=1S/C26H28F2N6O4/c1-33-13-25(14-33)15-34(23(36)20-10-30-21(35)11-29-20)12-19(25)22-31-32-24(38-22)26(27,28)18-4-2-16(3-5-18)17-6-8-37-9-7-17/h2-5,10-11,17,19H,6-9,12-15H2,1H3,(H,30,35). The van der Waals surface area contributed by atoms with Crippen LogP contribution in [0.1, 0.15) is 58.1 Å². The number of benzene rings is 1. The SMILES string of the molecule is CN1CC2(C1)CN(C(=O)c1c[nH]c(=O)cn1)CC2c1nnc(C(F)(F)c2ccc(C3CCOCC3)cc2)o1. The van der Waals surface area contributed by atoms with Crippen molar-refractivity contribution in [3.05, 3.63) is 75.6 Å². The van der Waals surface area contributed by atoms with E-state index in [9.17, 15) is 9.59 Å². The molecule has 3 aromatic rings. The average molecular weight is 527 g/mol. The van der Waals surface area contributed by atoms with Gasteiger partial charge in [-0.15, -0.1) is 10.2 Å². The molecular weight excluding hydrogens is 498 g/mol. The fourth-order valence-electron chi connectivity index (χ4n) is 6.06. The smallest absolute Gasteiger partial charge is 0.349 e. The summed E-state index contributed by atoms with van der Waals surface area (Å²) in [5.74, 6) is -4.59. The molecule has 0 aliphatic carbocycles. The summed E-state index contributed by atoms with van der Waals surface area (Å²) >= 11 is 0. The molecule has 38 heavy (non-hydrogen) atoms. The Morgan fingerprint density at radius 2 is 1.87 bits per heavy atom. The Morgan fingerprint density at radius 3 is 2.53 bits per heavy atom. The quantitative estimate of drug-likeness (QED) is 0.539. The number of nitrogens with zero attached hydrogens (tertiary/aromatic N) is 5. The van der Waals surface area contributed by atoms with E-state index in [2.05, 4.69) is 25.1 Å². The molecule has 3 saturated heterocycles. The molecule has 200 valence electrons. The third-order valence-corrected chi connectivity index (χ3v) is 7.97. The number of rotatable bonds is 5. The number of alkyl halides is 2. The number of hydrogen-bond acceptors (Lipinski definition) is 8. The highest BCUT2D eigenvalue weighted by molar-refractivity contribution is 5.92. The van der Waals surface area contributed by atoms with Crippen LogP contribution in [-0.4, -0.2) is 82.3 Å². The van der Waals surface area contributed by atoms with Gasteiger partial charge in [0.25, 0.3) is 17.4 Å². The molecule has 0 saturated carbocycles. The van der Waals surface area contributed by atoms with Crippen LogP contribution < -0.4 is 5.56 Å². The van der Waals surface area contributed by atoms with Crippen molar-refractivity contribution >= 4 is 5.91 Å². The van der Waals surface area contributed by atoms with Gasteiger partial charge in [-0.2, -0.15) is 8.78 Å². The minimum atomic E-state index is -3.46. The number of ether oxygens (including phenoxy) is 1. The predicted molar refractivity (Wildman–Crippen MR) is 130 cm³/mol. The van der Waals surface area contributed by atoms with Gasteiger partial charge in [-0.3, -0.25) is 9.59 Å². The van der Waals surface area contributed by atoms with E-state index < -0.39 is 28.7 Å². The topological polar surface area (TPSA) is 117 Å². The monoisotopic (exact) mass is 526 g/mol. The fourth-order valence-corrected chi connectivity index (χ4v) is 6.06. The number of halogens is 2. The Bertz CT molecular complexity index is 1360. The Kier molecular flexibility index (Phi) is 6.10. The number of aromatic nitrogens is 4. The van der Waals surface area contributed by atoms with E-state index in [1.165, 1.54) is 18.3 Å². The van der Waals surface area contributed by atoms with Crippen molar-refractivity contribution in [2.24, 2.45) is 5.41 Å². The van der Waals surface area contributed by atoms with Gasteiger partial charge in [-0.25, -0.2) is 4.98 Å². The van der Waals surface area contributed by atoms with Crippen LogP contribution in [-0.2, 0) is 10.7 Å². The zero-order valence-electron chi connectivity index (χ0n) is 20.9. The second-order valence-electron chi connectivity index (χ2n) is 10.6. The van der Waals surface area contributed by atoms with Crippen LogP contribution >= 0.6 is 0 Å². The second-order valence-corrected chi connectivity index (χ2v) is 10.6. The van der Waals surface area contributed by atoms with Crippen LogP contribution in [0.2, 0.25) is 0 Å². The highest BCUT2D eigenvalue weighted by Gasteiger charge is 2.57. The Morgan fingerprint density at radius 1 is 1.13 bits per heavy atom. The summed E-state index contributed by atoms with van der Waals surface area (Å²) in [6, 6.07) is 6.32. The molecule has 1 unspecified atom stereocenters. The zero-order valence-corrected chi connectivity index (χ0v) is 20.9. The first-order chi connectivity index (χ1) is 18.2. The minimum Gasteiger partial charge on any atom is -0.419 e. The van der Waals surface area contributed by atoms with Crippen LogP contribution in [0, 0.1) is 5.41 Å². The van der Waals surface area contributed by atoms with Gasteiger partial charge in [0.15, 0.2) is 0 Å². The minimum absolute atomic E-state index is 0.0938. The van der Waals surface area contributed by atoms with Gasteiger partial charge in [-0.05, 0) is 31.4 Å². The summed E-state index contributed by atoms with van der Waals surface area (Å²) in [6.45, 7) is 3.28. The fraction of sp³-hybridized carbons (Fsp3) is 0.500. The summed E-state index contributed by atoms with van der Waals surface area (Å²) < 4.78 is 41.9. The van der Waals surface area contributed by atoms with E-state index in [1.54, 1.807) is 17.0 Å². The molecule has 1 N–H and O–H groups in total. The van der Waals surface area contributed by atoms with Crippen LogP contribution in [0.15, 0.2) is 45.9 Å². The number of hydrogen-bond donors (Lipinski definition) is 1. The number of carbonyl (C=O) groups excluding carboxylic acids is 1. The third kappa shape index (κ3) is 4.31. The van der Waals surface area contributed by atoms with E-state index in [4.69, 9.17) is 9.15 Å². The number of H-pyrrole nitrogens is 1. The largest absolute Gasteiger partial charge is 0.419 e. The van der Waals surface area contributed by atoms with Crippen LogP contribution in [0.3, 0.4) is 0 Å². The number of likely N-dealkylation sites (tertiary alicyclic amines) is 2. The molecule has 0 bridgehead atoms. The van der Waals surface area contributed by atoms with Crippen molar-refractivity contribution in [1.29, 1.82) is 0 Å². The number of amides is 1. The van der Waals surface area contributed by atoms with Gasteiger partial charge in [0, 0.05) is 56.6 Å². The van der Waals surface area contributed by atoms with Crippen molar-refractivity contribution < 1.29 is 22.7 Å². The summed E-state index contributed by atoms with van der Waals surface area (Å²) in [6.07, 6.45) is 4.07. The summed E-state index contributed by atoms with van der Waals surface area (Å²) in [4.78, 5) is 34.5. The molecule has 3 fully saturated rings. The first kappa shape index (κ1) is 24.8. The van der Waals surface area contributed by atoms with Crippen molar-refractivity contribution in [3.63, 3.8) is 0 Å². The zero-order chi connectivity index (χ0) is 26.5. The second kappa shape index (κ2) is 9.35. The average Bonchev–Trinajstić information content (AvgIpc) is 3.56. The number of nitrogens with one attached hydrogen (secondary N) is 1. The van der Waals surface area contributed by atoms with E-state index >= 15 is 8.78 Å². The third-order valence-electron chi connectivity index (χ3n) is 7.97. The molecule has 3 aliphatic heterocycles. The molecule has 1 spiro atoms. The summed E-state index contributed by atoms with van der Waals surface area (Å²) in [7, 11) is 1.95. The van der Waals surface area contributed by atoms with Gasteiger partial charge in [0.05, 0.1) is 12.1 Å². The molecule has 2 aromatic heterocycles. The van der Waals surface area contributed by atoms with Crippen molar-refractivity contribution in [3.8, 4) is 0 Å². The normalized spacial score (nSPS) is 22.1. The Labute approximate surface area is 217 Å². The lowest BCUT2D eigenvalue weighted by Gasteiger charge is -2.48. The van der Waals surface area contributed by atoms with Crippen LogP contribution in [0.5, 0.6) is 0 Å².